The Bertz CT molecular complexity index is 470. The molecule has 2 heteroatoms. The first kappa shape index (κ1) is 21.3. The molecule has 0 spiro atoms. The highest BCUT2D eigenvalue weighted by molar-refractivity contribution is 6.16. The molecule has 0 aliphatic heterocycles. The molecule has 0 radical (unpaired) electrons. The fourth-order valence-electron chi connectivity index (χ4n) is 1.56. The maximum atomic E-state index is 4.45. The molecule has 1 aliphatic carbocycles. The molecule has 0 amide bonds. The number of hydrogen-bond acceptors (Lipinski definition) is 2. The summed E-state index contributed by atoms with van der Waals surface area (Å²) in [4.78, 5) is 8.84. The van der Waals surface area contributed by atoms with Crippen LogP contribution in [0, 0.1) is 0 Å². The lowest BCUT2D eigenvalue weighted by molar-refractivity contribution is 1.35. The Kier molecular flexibility index (Phi) is 14.7. The molecule has 0 aromatic carbocycles. The molecule has 0 atom stereocenters. The van der Waals surface area contributed by atoms with Crippen LogP contribution in [-0.2, 0) is 0 Å². The van der Waals surface area contributed by atoms with Crippen LogP contribution >= 0.6 is 0 Å². The molecular weight excluding hydrogens is 256 g/mol. The summed E-state index contributed by atoms with van der Waals surface area (Å²) in [6, 6.07) is 0. The van der Waals surface area contributed by atoms with Crippen LogP contribution in [0.1, 0.15) is 48.5 Å². The van der Waals surface area contributed by atoms with E-state index in [0.29, 0.717) is 0 Å². The molecule has 0 bridgehead atoms. The summed E-state index contributed by atoms with van der Waals surface area (Å²) in [6.45, 7) is 17.6. The first-order valence-corrected chi connectivity index (χ1v) is 7.68. The van der Waals surface area contributed by atoms with Crippen molar-refractivity contribution >= 4 is 11.9 Å². The Morgan fingerprint density at radius 3 is 2.05 bits per heavy atom. The summed E-state index contributed by atoms with van der Waals surface area (Å²) < 4.78 is 0. The van der Waals surface area contributed by atoms with Crippen LogP contribution < -0.4 is 0 Å². The highest BCUT2D eigenvalue weighted by Gasteiger charge is 2.15. The second-order valence-corrected chi connectivity index (χ2v) is 3.43. The SMILES string of the molecule is C=CC1=C(N=CC)C(=N/C=C\C)/C(=C\C)C=C1.CC.CC. The molecule has 0 heterocycles. The van der Waals surface area contributed by atoms with Gasteiger partial charge in [-0.15, -0.1) is 0 Å². The summed E-state index contributed by atoms with van der Waals surface area (Å²) in [7, 11) is 0. The van der Waals surface area contributed by atoms with E-state index in [1.165, 1.54) is 0 Å². The van der Waals surface area contributed by atoms with Crippen LogP contribution in [0.25, 0.3) is 0 Å². The van der Waals surface area contributed by atoms with E-state index >= 15 is 0 Å². The molecule has 1 aliphatic rings. The number of hydrogen-bond donors (Lipinski definition) is 0. The van der Waals surface area contributed by atoms with Crippen molar-refractivity contribution in [2.75, 3.05) is 0 Å². The molecule has 21 heavy (non-hydrogen) atoms. The summed E-state index contributed by atoms with van der Waals surface area (Å²) in [5.41, 5.74) is 3.84. The molecule has 0 saturated heterocycles. The van der Waals surface area contributed by atoms with Gasteiger partial charge in [-0.1, -0.05) is 64.7 Å². The fourth-order valence-corrected chi connectivity index (χ4v) is 1.56. The zero-order chi connectivity index (χ0) is 16.7. The minimum absolute atomic E-state index is 0.871. The van der Waals surface area contributed by atoms with Crippen LogP contribution in [0.2, 0.25) is 0 Å². The van der Waals surface area contributed by atoms with Crippen molar-refractivity contribution < 1.29 is 0 Å². The summed E-state index contributed by atoms with van der Waals surface area (Å²) in [5.74, 6) is 0. The topological polar surface area (TPSA) is 24.7 Å². The van der Waals surface area contributed by atoms with Crippen LogP contribution in [0.3, 0.4) is 0 Å². The van der Waals surface area contributed by atoms with Gasteiger partial charge < -0.3 is 0 Å². The molecule has 0 unspecified atom stereocenters. The second kappa shape index (κ2) is 14.4. The predicted octanol–water partition coefficient (Wildman–Crippen LogP) is 6.06. The largest absolute Gasteiger partial charge is 0.259 e. The first-order valence-electron chi connectivity index (χ1n) is 7.68. The van der Waals surface area contributed by atoms with E-state index in [1.807, 2.05) is 72.8 Å². The van der Waals surface area contributed by atoms with E-state index in [1.54, 1.807) is 18.5 Å². The van der Waals surface area contributed by atoms with E-state index in [4.69, 9.17) is 0 Å². The molecule has 0 fully saturated rings. The van der Waals surface area contributed by atoms with Gasteiger partial charge in [-0.25, -0.2) is 0 Å². The number of allylic oxidation sites excluding steroid dienone is 7. The molecular formula is C19H30N2. The van der Waals surface area contributed by atoms with Crippen LogP contribution in [0.5, 0.6) is 0 Å². The standard InChI is InChI=1S/C15H18N2.2C2H6/c1-5-11-17-15-13(7-3)10-9-12(6-2)14(15)16-8-4;2*1-2/h5-11H,2H2,1,3-4H3;2*1-2H3/b11-5-,13-7-,16-8?,17-15+;;. The Labute approximate surface area is 131 Å². The van der Waals surface area contributed by atoms with Crippen molar-refractivity contribution in [3.05, 3.63) is 60.0 Å². The van der Waals surface area contributed by atoms with Crippen LogP contribution in [-0.4, -0.2) is 11.9 Å². The molecule has 2 nitrogen and oxygen atoms in total. The number of rotatable bonds is 3. The normalized spacial score (nSPS) is 17.9. The predicted molar refractivity (Wildman–Crippen MR) is 99.2 cm³/mol. The van der Waals surface area contributed by atoms with Gasteiger partial charge in [0, 0.05) is 18.0 Å². The van der Waals surface area contributed by atoms with Gasteiger partial charge in [-0.3, -0.25) is 9.98 Å². The number of nitrogens with zero attached hydrogens (tertiary/aromatic N) is 2. The minimum Gasteiger partial charge on any atom is -0.259 e. The van der Waals surface area contributed by atoms with Crippen molar-refractivity contribution in [3.8, 4) is 0 Å². The lowest BCUT2D eigenvalue weighted by Crippen LogP contribution is -2.09. The Morgan fingerprint density at radius 1 is 1.00 bits per heavy atom. The van der Waals surface area contributed by atoms with E-state index in [0.717, 1.165) is 22.6 Å². The van der Waals surface area contributed by atoms with Crippen molar-refractivity contribution in [2.45, 2.75) is 48.5 Å². The third kappa shape index (κ3) is 6.84. The summed E-state index contributed by atoms with van der Waals surface area (Å²) in [5, 5.41) is 0. The van der Waals surface area contributed by atoms with Crippen LogP contribution in [0.15, 0.2) is 70.0 Å². The van der Waals surface area contributed by atoms with Crippen molar-refractivity contribution in [3.63, 3.8) is 0 Å². The monoisotopic (exact) mass is 286 g/mol. The van der Waals surface area contributed by atoms with Gasteiger partial charge in [0.1, 0.15) is 0 Å². The molecule has 116 valence electrons. The Morgan fingerprint density at radius 2 is 1.62 bits per heavy atom. The zero-order valence-corrected chi connectivity index (χ0v) is 14.6. The second-order valence-electron chi connectivity index (χ2n) is 3.43. The molecule has 0 aromatic heterocycles. The number of aliphatic imine (C=N–C) groups is 2. The van der Waals surface area contributed by atoms with Crippen molar-refractivity contribution in [2.24, 2.45) is 9.98 Å². The smallest absolute Gasteiger partial charge is 0.0960 e. The van der Waals surface area contributed by atoms with Gasteiger partial charge in [0.25, 0.3) is 0 Å². The van der Waals surface area contributed by atoms with Gasteiger partial charge in [0.05, 0.1) is 11.4 Å². The molecule has 0 N–H and O–H groups in total. The van der Waals surface area contributed by atoms with Gasteiger partial charge in [0.15, 0.2) is 0 Å². The Balaban J connectivity index is 0. The average Bonchev–Trinajstić information content (AvgIpc) is 2.57. The van der Waals surface area contributed by atoms with Crippen molar-refractivity contribution in [1.82, 2.24) is 0 Å². The van der Waals surface area contributed by atoms with E-state index in [2.05, 4.69) is 16.6 Å². The minimum atomic E-state index is 0.871. The third-order valence-corrected chi connectivity index (χ3v) is 2.36. The van der Waals surface area contributed by atoms with Crippen LogP contribution in [0.4, 0.5) is 0 Å². The van der Waals surface area contributed by atoms with Crippen molar-refractivity contribution in [1.29, 1.82) is 0 Å². The molecule has 1 rings (SSSR count). The summed E-state index contributed by atoms with van der Waals surface area (Å²) >= 11 is 0. The lowest BCUT2D eigenvalue weighted by atomic mass is 9.96. The van der Waals surface area contributed by atoms with E-state index in [9.17, 15) is 0 Å². The highest BCUT2D eigenvalue weighted by Crippen LogP contribution is 2.23. The fraction of sp³-hybridized carbons (Fsp3) is 0.368. The lowest BCUT2D eigenvalue weighted by Gasteiger charge is -2.14. The maximum Gasteiger partial charge on any atom is 0.0960 e. The maximum absolute atomic E-state index is 4.45. The summed E-state index contributed by atoms with van der Waals surface area (Å²) in [6.07, 6.45) is 13.3. The Hall–Kier alpha value is -1.96. The van der Waals surface area contributed by atoms with Gasteiger partial charge >= 0.3 is 0 Å². The van der Waals surface area contributed by atoms with Gasteiger partial charge in [-0.05, 0) is 26.3 Å². The van der Waals surface area contributed by atoms with E-state index < -0.39 is 0 Å². The third-order valence-electron chi connectivity index (χ3n) is 2.36. The first-order chi connectivity index (χ1) is 10.3. The average molecular weight is 286 g/mol. The highest BCUT2D eigenvalue weighted by atomic mass is 14.8. The van der Waals surface area contributed by atoms with Gasteiger partial charge in [0.2, 0.25) is 0 Å². The quantitative estimate of drug-likeness (QED) is 0.563. The van der Waals surface area contributed by atoms with Gasteiger partial charge in [-0.2, -0.15) is 0 Å². The van der Waals surface area contributed by atoms with E-state index in [-0.39, 0.29) is 0 Å². The zero-order valence-electron chi connectivity index (χ0n) is 14.6. The molecule has 0 aromatic rings. The molecule has 0 saturated carbocycles.